The van der Waals surface area contributed by atoms with E-state index in [-0.39, 0.29) is 11.5 Å². The van der Waals surface area contributed by atoms with E-state index in [9.17, 15) is 8.42 Å². The van der Waals surface area contributed by atoms with Crippen molar-refractivity contribution in [3.05, 3.63) is 26.9 Å². The molecule has 0 radical (unpaired) electrons. The Balaban J connectivity index is 2.33. The molecule has 98 valence electrons. The van der Waals surface area contributed by atoms with Crippen LogP contribution in [-0.4, -0.2) is 18.5 Å². The highest BCUT2D eigenvalue weighted by molar-refractivity contribution is 7.93. The normalized spacial score (nSPS) is 11.7. The van der Waals surface area contributed by atoms with Gasteiger partial charge in [-0.1, -0.05) is 0 Å². The highest BCUT2D eigenvalue weighted by Crippen LogP contribution is 2.28. The number of hydrogen-bond acceptors (Lipinski definition) is 6. The van der Waals surface area contributed by atoms with Crippen LogP contribution < -0.4 is 4.72 Å². The van der Waals surface area contributed by atoms with Gasteiger partial charge >= 0.3 is 0 Å². The number of rotatable bonds is 4. The Morgan fingerprint density at radius 2 is 2.11 bits per heavy atom. The molecule has 0 aromatic carbocycles. The van der Waals surface area contributed by atoms with Gasteiger partial charge in [-0.3, -0.25) is 4.72 Å². The van der Waals surface area contributed by atoms with Crippen molar-refractivity contribution in [2.24, 2.45) is 0 Å². The van der Waals surface area contributed by atoms with Crippen molar-refractivity contribution in [1.29, 1.82) is 0 Å². The van der Waals surface area contributed by atoms with Crippen molar-refractivity contribution >= 4 is 37.8 Å². The minimum atomic E-state index is -3.62. The molecular formula is C10H12N2O3S3. The lowest BCUT2D eigenvalue weighted by molar-refractivity contribution is 0.285. The summed E-state index contributed by atoms with van der Waals surface area (Å²) in [4.78, 5) is 6.38. The van der Waals surface area contributed by atoms with Crippen LogP contribution >= 0.6 is 22.7 Å². The van der Waals surface area contributed by atoms with Gasteiger partial charge in [0.05, 0.1) is 6.61 Å². The number of sulfonamides is 1. The van der Waals surface area contributed by atoms with Crippen LogP contribution in [0.5, 0.6) is 0 Å². The second-order valence-electron chi connectivity index (χ2n) is 3.67. The van der Waals surface area contributed by atoms with Crippen molar-refractivity contribution < 1.29 is 13.5 Å². The minimum Gasteiger partial charge on any atom is -0.391 e. The summed E-state index contributed by atoms with van der Waals surface area (Å²) in [6.07, 6.45) is 1.61. The Morgan fingerprint density at radius 3 is 2.61 bits per heavy atom. The molecule has 0 spiro atoms. The number of hydrogen-bond donors (Lipinski definition) is 2. The average Bonchev–Trinajstić information content (AvgIpc) is 2.84. The van der Waals surface area contributed by atoms with E-state index in [1.165, 1.54) is 28.7 Å². The van der Waals surface area contributed by atoms with Crippen LogP contribution in [0.1, 0.15) is 14.6 Å². The van der Waals surface area contributed by atoms with Crippen LogP contribution in [0.3, 0.4) is 0 Å². The number of nitrogens with one attached hydrogen (secondary N) is 1. The summed E-state index contributed by atoms with van der Waals surface area (Å²) >= 11 is 2.55. The Morgan fingerprint density at radius 1 is 1.39 bits per heavy atom. The second kappa shape index (κ2) is 4.96. The highest BCUT2D eigenvalue weighted by Gasteiger charge is 2.21. The molecule has 0 fully saturated rings. The average molecular weight is 304 g/mol. The first-order valence-corrected chi connectivity index (χ1v) is 8.19. The van der Waals surface area contributed by atoms with Crippen LogP contribution in [0, 0.1) is 13.8 Å². The van der Waals surface area contributed by atoms with Crippen molar-refractivity contribution in [2.45, 2.75) is 25.3 Å². The quantitative estimate of drug-likeness (QED) is 0.906. The summed E-state index contributed by atoms with van der Waals surface area (Å²) in [5, 5.41) is 9.37. The number of thiophene rings is 1. The van der Waals surface area contributed by atoms with Gasteiger partial charge in [0.25, 0.3) is 10.0 Å². The zero-order valence-electron chi connectivity index (χ0n) is 9.80. The fourth-order valence-electron chi connectivity index (χ4n) is 1.44. The summed E-state index contributed by atoms with van der Waals surface area (Å²) in [5.74, 6) is 0. The first-order valence-electron chi connectivity index (χ1n) is 5.08. The standard InChI is InChI=1S/C10H12N2O3S3/c1-6-4-11-10(16-6)12-18(14,15)9-3-8(5-13)17-7(9)2/h3-4,13H,5H2,1-2H3,(H,11,12). The lowest BCUT2D eigenvalue weighted by atomic mass is 10.4. The molecule has 0 unspecified atom stereocenters. The molecule has 0 bridgehead atoms. The summed E-state index contributed by atoms with van der Waals surface area (Å²) < 4.78 is 26.7. The van der Waals surface area contributed by atoms with Gasteiger partial charge < -0.3 is 5.11 Å². The van der Waals surface area contributed by atoms with E-state index in [1.807, 2.05) is 6.92 Å². The zero-order valence-corrected chi connectivity index (χ0v) is 12.2. The summed E-state index contributed by atoms with van der Waals surface area (Å²) in [6.45, 7) is 3.41. The topological polar surface area (TPSA) is 79.3 Å². The van der Waals surface area contributed by atoms with Gasteiger partial charge in [-0.05, 0) is 19.9 Å². The Hall–Kier alpha value is -0.960. The van der Waals surface area contributed by atoms with Gasteiger partial charge in [0.2, 0.25) is 0 Å². The molecule has 2 heterocycles. The highest BCUT2D eigenvalue weighted by atomic mass is 32.2. The van der Waals surface area contributed by atoms with Crippen LogP contribution in [0.15, 0.2) is 17.2 Å². The Kier molecular flexibility index (Phi) is 3.71. The molecule has 0 amide bonds. The maximum Gasteiger partial charge on any atom is 0.264 e. The molecule has 0 aliphatic rings. The van der Waals surface area contributed by atoms with E-state index in [1.54, 1.807) is 13.1 Å². The predicted octanol–water partition coefficient (Wildman–Crippen LogP) is 2.11. The van der Waals surface area contributed by atoms with Gasteiger partial charge in [0.15, 0.2) is 5.13 Å². The van der Waals surface area contributed by atoms with Crippen LogP contribution in [0.2, 0.25) is 0 Å². The third kappa shape index (κ3) is 2.72. The summed E-state index contributed by atoms with van der Waals surface area (Å²) in [7, 11) is -3.62. The van der Waals surface area contributed by atoms with Crippen molar-refractivity contribution in [3.63, 3.8) is 0 Å². The number of aliphatic hydroxyl groups excluding tert-OH is 1. The fourth-order valence-corrected chi connectivity index (χ4v) is 4.84. The third-order valence-corrected chi connectivity index (χ3v) is 5.80. The predicted molar refractivity (Wildman–Crippen MR) is 72.6 cm³/mol. The largest absolute Gasteiger partial charge is 0.391 e. The van der Waals surface area contributed by atoms with Crippen molar-refractivity contribution in [1.82, 2.24) is 4.98 Å². The number of anilines is 1. The van der Waals surface area contributed by atoms with Gasteiger partial charge in [-0.15, -0.1) is 22.7 Å². The van der Waals surface area contributed by atoms with Crippen LogP contribution in [0.4, 0.5) is 5.13 Å². The van der Waals surface area contributed by atoms with Crippen molar-refractivity contribution in [2.75, 3.05) is 4.72 Å². The van der Waals surface area contributed by atoms with E-state index < -0.39 is 10.0 Å². The van der Waals surface area contributed by atoms with E-state index in [2.05, 4.69) is 9.71 Å². The van der Waals surface area contributed by atoms with Gasteiger partial charge in [-0.2, -0.15) is 0 Å². The lowest BCUT2D eigenvalue weighted by Crippen LogP contribution is -2.12. The monoisotopic (exact) mass is 304 g/mol. The van der Waals surface area contributed by atoms with Crippen molar-refractivity contribution in [3.8, 4) is 0 Å². The maximum absolute atomic E-state index is 12.1. The molecule has 2 aromatic heterocycles. The number of thiazole rings is 1. The smallest absolute Gasteiger partial charge is 0.264 e. The van der Waals surface area contributed by atoms with E-state index >= 15 is 0 Å². The third-order valence-electron chi connectivity index (χ3n) is 2.21. The number of aryl methyl sites for hydroxylation is 2. The molecule has 0 aliphatic carbocycles. The van der Waals surface area contributed by atoms with Crippen LogP contribution in [0.25, 0.3) is 0 Å². The molecule has 2 rings (SSSR count). The lowest BCUT2D eigenvalue weighted by Gasteiger charge is -2.03. The minimum absolute atomic E-state index is 0.155. The molecule has 0 saturated carbocycles. The molecule has 0 atom stereocenters. The van der Waals surface area contributed by atoms with E-state index in [0.717, 1.165) is 4.88 Å². The first-order chi connectivity index (χ1) is 8.42. The molecular weight excluding hydrogens is 292 g/mol. The summed E-state index contributed by atoms with van der Waals surface area (Å²) in [6, 6.07) is 1.49. The van der Waals surface area contributed by atoms with Crippen LogP contribution in [-0.2, 0) is 16.6 Å². The molecule has 5 nitrogen and oxygen atoms in total. The van der Waals surface area contributed by atoms with Gasteiger partial charge in [-0.25, -0.2) is 13.4 Å². The SMILES string of the molecule is Cc1cnc(NS(=O)(=O)c2cc(CO)sc2C)s1. The van der Waals surface area contributed by atoms with Gasteiger partial charge in [0.1, 0.15) is 4.90 Å². The summed E-state index contributed by atoms with van der Waals surface area (Å²) in [5.41, 5.74) is 0. The zero-order chi connectivity index (χ0) is 13.3. The number of aromatic nitrogens is 1. The molecule has 2 N–H and O–H groups in total. The fraction of sp³-hybridized carbons (Fsp3) is 0.300. The first kappa shape index (κ1) is 13.5. The molecule has 18 heavy (non-hydrogen) atoms. The van der Waals surface area contributed by atoms with E-state index in [0.29, 0.717) is 14.9 Å². The molecule has 0 aliphatic heterocycles. The molecule has 0 saturated heterocycles. The Labute approximate surface area is 113 Å². The Bertz CT molecular complexity index is 658. The number of nitrogens with zero attached hydrogens (tertiary/aromatic N) is 1. The van der Waals surface area contributed by atoms with Gasteiger partial charge in [0, 0.05) is 20.8 Å². The van der Waals surface area contributed by atoms with E-state index in [4.69, 9.17) is 5.11 Å². The molecule has 2 aromatic rings. The number of aliphatic hydroxyl groups is 1. The molecule has 8 heteroatoms. The second-order valence-corrected chi connectivity index (χ2v) is 7.90. The maximum atomic E-state index is 12.1.